The number of hydrogen-bond donors (Lipinski definition) is 1. The van der Waals surface area contributed by atoms with Gasteiger partial charge in [0, 0.05) is 26.2 Å². The fourth-order valence-electron chi connectivity index (χ4n) is 2.25. The summed E-state index contributed by atoms with van der Waals surface area (Å²) < 4.78 is 3.55. The highest BCUT2D eigenvalue weighted by Crippen LogP contribution is 2.24. The summed E-state index contributed by atoms with van der Waals surface area (Å²) in [4.78, 5) is 11.1. The standard InChI is InChI=1S/C11H13N5O2/c1-15-5-4-8(14-15)10-13-12-9-3-2-7(11(17)18)6-16(9)10/h4-5,7H,2-3,6H2,1H3,(H,17,18). The zero-order valence-electron chi connectivity index (χ0n) is 9.94. The molecule has 3 rings (SSSR count). The average Bonchev–Trinajstić information content (AvgIpc) is 2.93. The van der Waals surface area contributed by atoms with Crippen LogP contribution in [0.1, 0.15) is 12.2 Å². The molecule has 0 radical (unpaired) electrons. The van der Waals surface area contributed by atoms with Crippen LogP contribution in [-0.4, -0.2) is 35.6 Å². The van der Waals surface area contributed by atoms with Crippen molar-refractivity contribution in [1.29, 1.82) is 0 Å². The summed E-state index contributed by atoms with van der Waals surface area (Å²) in [6, 6.07) is 1.85. The Balaban J connectivity index is 1.99. The Morgan fingerprint density at radius 2 is 2.33 bits per heavy atom. The Hall–Kier alpha value is -2.18. The molecule has 7 heteroatoms. The zero-order valence-corrected chi connectivity index (χ0v) is 9.94. The maximum absolute atomic E-state index is 11.1. The van der Waals surface area contributed by atoms with Crippen LogP contribution in [0.25, 0.3) is 11.5 Å². The minimum atomic E-state index is -0.763. The molecule has 0 spiro atoms. The molecule has 1 atom stereocenters. The van der Waals surface area contributed by atoms with Crippen LogP contribution in [0.2, 0.25) is 0 Å². The predicted octanol–water partition coefficient (Wildman–Crippen LogP) is 0.326. The molecule has 94 valence electrons. The molecule has 1 aliphatic heterocycles. The Morgan fingerprint density at radius 3 is 3.00 bits per heavy atom. The van der Waals surface area contributed by atoms with E-state index in [1.165, 1.54) is 0 Å². The molecule has 0 bridgehead atoms. The SMILES string of the molecule is Cn1ccc(-c2nnc3n2CC(C(=O)O)CC3)n1. The van der Waals surface area contributed by atoms with E-state index in [0.717, 1.165) is 11.5 Å². The molecule has 1 aliphatic rings. The van der Waals surface area contributed by atoms with E-state index in [9.17, 15) is 4.79 Å². The van der Waals surface area contributed by atoms with Crippen LogP contribution in [-0.2, 0) is 24.8 Å². The van der Waals surface area contributed by atoms with Gasteiger partial charge in [0.2, 0.25) is 0 Å². The van der Waals surface area contributed by atoms with Gasteiger partial charge in [-0.15, -0.1) is 10.2 Å². The first-order chi connectivity index (χ1) is 8.65. The lowest BCUT2D eigenvalue weighted by Gasteiger charge is -2.20. The second kappa shape index (κ2) is 3.94. The quantitative estimate of drug-likeness (QED) is 0.826. The topological polar surface area (TPSA) is 85.8 Å². The number of aryl methyl sites for hydroxylation is 2. The van der Waals surface area contributed by atoms with E-state index < -0.39 is 5.97 Å². The second-order valence-corrected chi connectivity index (χ2v) is 4.50. The summed E-state index contributed by atoms with van der Waals surface area (Å²) in [6.07, 6.45) is 3.10. The van der Waals surface area contributed by atoms with E-state index in [1.54, 1.807) is 4.68 Å². The molecule has 1 unspecified atom stereocenters. The third kappa shape index (κ3) is 1.68. The van der Waals surface area contributed by atoms with Gasteiger partial charge in [-0.05, 0) is 12.5 Å². The van der Waals surface area contributed by atoms with Crippen molar-refractivity contribution in [1.82, 2.24) is 24.5 Å². The van der Waals surface area contributed by atoms with Gasteiger partial charge in [-0.3, -0.25) is 9.48 Å². The molecule has 0 fully saturated rings. The Bertz CT molecular complexity index is 600. The molecule has 0 aliphatic carbocycles. The Labute approximate surface area is 103 Å². The minimum absolute atomic E-state index is 0.365. The summed E-state index contributed by atoms with van der Waals surface area (Å²) in [7, 11) is 1.83. The summed E-state index contributed by atoms with van der Waals surface area (Å²) in [6.45, 7) is 0.420. The van der Waals surface area contributed by atoms with Gasteiger partial charge in [-0.2, -0.15) is 5.10 Å². The molecule has 0 saturated carbocycles. The lowest BCUT2D eigenvalue weighted by atomic mass is 9.99. The van der Waals surface area contributed by atoms with Crippen LogP contribution in [0, 0.1) is 5.92 Å². The minimum Gasteiger partial charge on any atom is -0.481 e. The number of carboxylic acid groups (broad SMARTS) is 1. The lowest BCUT2D eigenvalue weighted by molar-refractivity contribution is -0.142. The third-order valence-electron chi connectivity index (χ3n) is 3.24. The highest BCUT2D eigenvalue weighted by Gasteiger charge is 2.28. The third-order valence-corrected chi connectivity index (χ3v) is 3.24. The first-order valence-corrected chi connectivity index (χ1v) is 5.80. The van der Waals surface area contributed by atoms with Crippen LogP contribution in [0.4, 0.5) is 0 Å². The summed E-state index contributed by atoms with van der Waals surface area (Å²) in [5.74, 6) is 0.363. The monoisotopic (exact) mass is 247 g/mol. The van der Waals surface area contributed by atoms with Gasteiger partial charge in [-0.25, -0.2) is 0 Å². The van der Waals surface area contributed by atoms with Crippen molar-refractivity contribution >= 4 is 5.97 Å². The van der Waals surface area contributed by atoms with E-state index in [4.69, 9.17) is 5.11 Å². The van der Waals surface area contributed by atoms with Gasteiger partial charge in [0.1, 0.15) is 11.5 Å². The van der Waals surface area contributed by atoms with Crippen LogP contribution in [0.5, 0.6) is 0 Å². The van der Waals surface area contributed by atoms with Crippen molar-refractivity contribution in [2.75, 3.05) is 0 Å². The average molecular weight is 247 g/mol. The van der Waals surface area contributed by atoms with Gasteiger partial charge in [0.05, 0.1) is 5.92 Å². The van der Waals surface area contributed by atoms with E-state index in [1.807, 2.05) is 23.9 Å². The molecule has 7 nitrogen and oxygen atoms in total. The predicted molar refractivity (Wildman–Crippen MR) is 61.7 cm³/mol. The number of hydrogen-bond acceptors (Lipinski definition) is 4. The first-order valence-electron chi connectivity index (χ1n) is 5.80. The maximum atomic E-state index is 11.1. The smallest absolute Gasteiger partial charge is 0.308 e. The van der Waals surface area contributed by atoms with Crippen LogP contribution < -0.4 is 0 Å². The Morgan fingerprint density at radius 1 is 1.50 bits per heavy atom. The van der Waals surface area contributed by atoms with Gasteiger partial charge in [-0.1, -0.05) is 0 Å². The number of aliphatic carboxylic acids is 1. The van der Waals surface area contributed by atoms with Crippen molar-refractivity contribution in [2.45, 2.75) is 19.4 Å². The highest BCUT2D eigenvalue weighted by molar-refractivity contribution is 5.70. The summed E-state index contributed by atoms with van der Waals surface area (Å²) in [5.41, 5.74) is 0.724. The van der Waals surface area contributed by atoms with E-state index >= 15 is 0 Å². The van der Waals surface area contributed by atoms with Gasteiger partial charge < -0.3 is 9.67 Å². The summed E-state index contributed by atoms with van der Waals surface area (Å²) in [5, 5.41) is 21.6. The second-order valence-electron chi connectivity index (χ2n) is 4.50. The van der Waals surface area contributed by atoms with Crippen molar-refractivity contribution in [2.24, 2.45) is 13.0 Å². The van der Waals surface area contributed by atoms with Crippen molar-refractivity contribution in [3.8, 4) is 11.5 Å². The molecule has 3 heterocycles. The van der Waals surface area contributed by atoms with Crippen LogP contribution in [0.15, 0.2) is 12.3 Å². The number of rotatable bonds is 2. The van der Waals surface area contributed by atoms with Crippen molar-refractivity contribution in [3.05, 3.63) is 18.1 Å². The molecule has 1 N–H and O–H groups in total. The molecule has 0 amide bonds. The molecular formula is C11H13N5O2. The van der Waals surface area contributed by atoms with Gasteiger partial charge >= 0.3 is 5.97 Å². The van der Waals surface area contributed by atoms with E-state index in [-0.39, 0.29) is 5.92 Å². The van der Waals surface area contributed by atoms with Crippen molar-refractivity contribution in [3.63, 3.8) is 0 Å². The molecular weight excluding hydrogens is 234 g/mol. The number of carbonyl (C=O) groups is 1. The lowest BCUT2D eigenvalue weighted by Crippen LogP contribution is -2.27. The summed E-state index contributed by atoms with van der Waals surface area (Å²) >= 11 is 0. The number of fused-ring (bicyclic) bond motifs is 1. The van der Waals surface area contributed by atoms with Gasteiger partial charge in [0.25, 0.3) is 0 Å². The molecule has 2 aromatic rings. The molecule has 18 heavy (non-hydrogen) atoms. The fraction of sp³-hybridized carbons (Fsp3) is 0.455. The maximum Gasteiger partial charge on any atom is 0.308 e. The molecule has 2 aromatic heterocycles. The Kier molecular flexibility index (Phi) is 2.39. The van der Waals surface area contributed by atoms with E-state index in [2.05, 4.69) is 15.3 Å². The first kappa shape index (κ1) is 10.9. The highest BCUT2D eigenvalue weighted by atomic mass is 16.4. The largest absolute Gasteiger partial charge is 0.481 e. The number of nitrogens with zero attached hydrogens (tertiary/aromatic N) is 5. The van der Waals surface area contributed by atoms with E-state index in [0.29, 0.717) is 25.2 Å². The zero-order chi connectivity index (χ0) is 12.7. The fourth-order valence-corrected chi connectivity index (χ4v) is 2.25. The molecule has 0 aromatic carbocycles. The van der Waals surface area contributed by atoms with Crippen LogP contribution in [0.3, 0.4) is 0 Å². The van der Waals surface area contributed by atoms with Crippen LogP contribution >= 0.6 is 0 Å². The number of aromatic nitrogens is 5. The normalized spacial score (nSPS) is 18.6. The van der Waals surface area contributed by atoms with Gasteiger partial charge in [0.15, 0.2) is 5.82 Å². The molecule has 0 saturated heterocycles. The van der Waals surface area contributed by atoms with Crippen molar-refractivity contribution < 1.29 is 9.90 Å². The number of carboxylic acids is 1.